The van der Waals surface area contributed by atoms with Crippen molar-refractivity contribution >= 4 is 64.7 Å². The van der Waals surface area contributed by atoms with E-state index in [0.717, 1.165) is 32.1 Å². The van der Waals surface area contributed by atoms with Crippen LogP contribution in [0.5, 0.6) is 0 Å². The Labute approximate surface area is 427 Å². The summed E-state index contributed by atoms with van der Waals surface area (Å²) in [6.07, 6.45) is 19.5. The number of carboxylic acids is 4. The summed E-state index contributed by atoms with van der Waals surface area (Å²) in [4.78, 5) is 134. The van der Waals surface area contributed by atoms with Crippen LogP contribution in [0.1, 0.15) is 226 Å². The number of aliphatic carboxylic acids is 4. The fourth-order valence-electron chi connectivity index (χ4n) is 9.08. The Bertz CT molecular complexity index is 1720. The monoisotopic (exact) mass is 1020 g/mol. The summed E-state index contributed by atoms with van der Waals surface area (Å²) in [5.41, 5.74) is 0. The normalized spacial score (nSPS) is 16.2. The molecule has 0 unspecified atom stereocenters. The van der Waals surface area contributed by atoms with Crippen LogP contribution >= 0.6 is 0 Å². The highest BCUT2D eigenvalue weighted by molar-refractivity contribution is 5.89. The number of hydrogen-bond acceptors (Lipinski definition) is 11. The zero-order valence-electron chi connectivity index (χ0n) is 43.7. The first-order chi connectivity index (χ1) is 34.2. The molecule has 0 heterocycles. The van der Waals surface area contributed by atoms with Gasteiger partial charge in [0.05, 0.1) is 11.8 Å². The van der Waals surface area contributed by atoms with Crippen molar-refractivity contribution in [3.8, 4) is 0 Å². The van der Waals surface area contributed by atoms with Gasteiger partial charge in [0.1, 0.15) is 35.2 Å². The molecule has 1 aliphatic rings. The summed E-state index contributed by atoms with van der Waals surface area (Å²) in [5, 5.41) is 46.4. The van der Waals surface area contributed by atoms with Crippen molar-refractivity contribution in [2.24, 2.45) is 29.6 Å². The molecular weight excluding hydrogens is 931 g/mol. The van der Waals surface area contributed by atoms with Gasteiger partial charge in [-0.25, -0.2) is 9.59 Å². The van der Waals surface area contributed by atoms with Crippen molar-refractivity contribution in [1.82, 2.24) is 16.0 Å². The molecule has 1 fully saturated rings. The Morgan fingerprint density at radius 1 is 0.444 bits per heavy atom. The van der Waals surface area contributed by atoms with Gasteiger partial charge in [-0.05, 0) is 77.0 Å². The van der Waals surface area contributed by atoms with Gasteiger partial charge in [0.15, 0.2) is 0 Å². The van der Waals surface area contributed by atoms with Gasteiger partial charge in [-0.15, -0.1) is 0 Å². The number of hydrogen-bond donors (Lipinski definition) is 7. The molecule has 4 atom stereocenters. The lowest BCUT2D eigenvalue weighted by atomic mass is 9.81. The van der Waals surface area contributed by atoms with Crippen molar-refractivity contribution in [2.45, 2.75) is 238 Å². The van der Waals surface area contributed by atoms with Crippen LogP contribution in [0.3, 0.4) is 0 Å². The lowest BCUT2D eigenvalue weighted by Gasteiger charge is -2.28. The maximum atomic E-state index is 13.1. The van der Waals surface area contributed by atoms with Crippen LogP contribution in [0, 0.1) is 29.6 Å². The Morgan fingerprint density at radius 3 is 1.25 bits per heavy atom. The third-order valence-corrected chi connectivity index (χ3v) is 13.9. The molecule has 410 valence electrons. The average Bonchev–Trinajstić information content (AvgIpc) is 3.32. The highest BCUT2D eigenvalue weighted by Gasteiger charge is 2.31. The number of rotatable bonds is 45. The Hall–Kier alpha value is -5.03. The first kappa shape index (κ1) is 65.0. The highest BCUT2D eigenvalue weighted by atomic mass is 16.4. The van der Waals surface area contributed by atoms with E-state index in [-0.39, 0.29) is 74.3 Å². The van der Waals surface area contributed by atoms with Crippen LogP contribution in [0.25, 0.3) is 0 Å². The molecule has 0 radical (unpaired) electrons. The molecular formula is C54H89N3O15. The number of unbranched alkanes of at least 4 members (excludes halogenated alkanes) is 15. The van der Waals surface area contributed by atoms with Crippen LogP contribution in [-0.4, -0.2) is 104 Å². The third-order valence-electron chi connectivity index (χ3n) is 13.9. The predicted molar refractivity (Wildman–Crippen MR) is 270 cm³/mol. The summed E-state index contributed by atoms with van der Waals surface area (Å²) in [6.45, 7) is 5.52. The maximum Gasteiger partial charge on any atom is 0.326 e. The van der Waals surface area contributed by atoms with Crippen molar-refractivity contribution < 1.29 is 73.2 Å². The van der Waals surface area contributed by atoms with Crippen LogP contribution in [0.15, 0.2) is 0 Å². The molecule has 18 nitrogen and oxygen atoms in total. The Kier molecular flexibility index (Phi) is 34.8. The SMILES string of the molecule is CC(=O)CCCCCCCCCCCCCCCCCCC(=O)NCC1CCC(C(=O)N[C@@H](CCC(=O)C[C@@H](CCC(=O)N[C@@H](CCC(=O)C[C@@H](CCC(=O)C(C)C)C(=O)O)C(=O)O)C(=O)O)C(=O)O)CC1. The van der Waals surface area contributed by atoms with E-state index in [2.05, 4.69) is 16.0 Å². The van der Waals surface area contributed by atoms with Crippen LogP contribution < -0.4 is 16.0 Å². The Balaban J connectivity index is 2.32. The van der Waals surface area contributed by atoms with Gasteiger partial charge in [-0.3, -0.25) is 38.4 Å². The summed E-state index contributed by atoms with van der Waals surface area (Å²) in [7, 11) is 0. The number of carbonyl (C=O) groups excluding carboxylic acids is 7. The van der Waals surface area contributed by atoms with E-state index in [1.807, 2.05) is 0 Å². The molecule has 3 amide bonds. The number of carboxylic acid groups (broad SMARTS) is 4. The number of nitrogens with one attached hydrogen (secondary N) is 3. The predicted octanol–water partition coefficient (Wildman–Crippen LogP) is 8.32. The summed E-state index contributed by atoms with van der Waals surface area (Å²) < 4.78 is 0. The number of ketones is 4. The fraction of sp³-hybridized carbons (Fsp3) is 0.796. The first-order valence-corrected chi connectivity index (χ1v) is 27.0. The van der Waals surface area contributed by atoms with Gasteiger partial charge < -0.3 is 41.2 Å². The van der Waals surface area contributed by atoms with Crippen molar-refractivity contribution in [2.75, 3.05) is 6.54 Å². The second kappa shape index (κ2) is 38.6. The van der Waals surface area contributed by atoms with E-state index >= 15 is 0 Å². The minimum absolute atomic E-state index is 0.0219. The van der Waals surface area contributed by atoms with E-state index in [4.69, 9.17) is 0 Å². The molecule has 0 spiro atoms. The zero-order chi connectivity index (χ0) is 53.8. The molecule has 0 bridgehead atoms. The quantitative estimate of drug-likeness (QED) is 0.0282. The van der Waals surface area contributed by atoms with Crippen LogP contribution in [-0.2, 0) is 52.7 Å². The lowest BCUT2D eigenvalue weighted by Crippen LogP contribution is -2.45. The van der Waals surface area contributed by atoms with Gasteiger partial charge in [-0.2, -0.15) is 0 Å². The van der Waals surface area contributed by atoms with E-state index in [1.54, 1.807) is 20.8 Å². The van der Waals surface area contributed by atoms with E-state index < -0.39 is 96.4 Å². The largest absolute Gasteiger partial charge is 0.481 e. The molecule has 1 rings (SSSR count). The zero-order valence-corrected chi connectivity index (χ0v) is 43.7. The van der Waals surface area contributed by atoms with E-state index in [9.17, 15) is 73.2 Å². The number of Topliss-reactive ketones (excluding diaryl/α,β-unsaturated/α-hetero) is 4. The molecule has 0 aromatic rings. The smallest absolute Gasteiger partial charge is 0.326 e. The fourth-order valence-corrected chi connectivity index (χ4v) is 9.08. The van der Waals surface area contributed by atoms with Gasteiger partial charge in [0.25, 0.3) is 0 Å². The number of amides is 3. The van der Waals surface area contributed by atoms with Crippen LogP contribution in [0.4, 0.5) is 0 Å². The summed E-state index contributed by atoms with van der Waals surface area (Å²) in [6, 6.07) is -2.93. The van der Waals surface area contributed by atoms with Gasteiger partial charge in [0, 0.05) is 69.7 Å². The van der Waals surface area contributed by atoms with Crippen molar-refractivity contribution in [3.63, 3.8) is 0 Å². The molecule has 0 saturated heterocycles. The van der Waals surface area contributed by atoms with Crippen molar-refractivity contribution in [1.29, 1.82) is 0 Å². The van der Waals surface area contributed by atoms with Crippen molar-refractivity contribution in [3.05, 3.63) is 0 Å². The Morgan fingerprint density at radius 2 is 0.847 bits per heavy atom. The van der Waals surface area contributed by atoms with E-state index in [1.165, 1.54) is 77.0 Å². The molecule has 1 saturated carbocycles. The topological polar surface area (TPSA) is 305 Å². The van der Waals surface area contributed by atoms with Gasteiger partial charge in [0.2, 0.25) is 17.7 Å². The highest BCUT2D eigenvalue weighted by Crippen LogP contribution is 2.29. The van der Waals surface area contributed by atoms with Gasteiger partial charge >= 0.3 is 23.9 Å². The number of carbonyl (C=O) groups is 11. The molecule has 0 aromatic heterocycles. The molecule has 0 aliphatic heterocycles. The lowest BCUT2D eigenvalue weighted by molar-refractivity contribution is -0.145. The average molecular weight is 1020 g/mol. The molecule has 7 N–H and O–H groups in total. The second-order valence-electron chi connectivity index (χ2n) is 20.6. The standard InChI is InChI=1S/C54H89N3O15/c1-37(2)47(61)32-26-41(51(65)66)34-43(59)28-30-45(53(69)70)56-49(63)33-27-42(52(67)68)35-44(60)29-31-46(54(71)72)57-50(64)40-24-22-39(23-25-40)36-55-48(62)21-19-17-15-13-11-9-7-5-4-6-8-10-12-14-16-18-20-38(3)58/h37,39-42,45-46H,4-36H2,1-3H3,(H,55,62)(H,56,63)(H,57,64)(H,65,66)(H,67,68)(H,69,70)(H,71,72)/t39?,40?,41-,42-,45+,46+/m1/s1. The first-order valence-electron chi connectivity index (χ1n) is 27.0. The maximum absolute atomic E-state index is 13.1. The molecule has 72 heavy (non-hydrogen) atoms. The minimum Gasteiger partial charge on any atom is -0.481 e. The van der Waals surface area contributed by atoms with Crippen LogP contribution in [0.2, 0.25) is 0 Å². The minimum atomic E-state index is -1.54. The van der Waals surface area contributed by atoms with E-state index in [0.29, 0.717) is 38.6 Å². The second-order valence-corrected chi connectivity index (χ2v) is 20.6. The summed E-state index contributed by atoms with van der Waals surface area (Å²) >= 11 is 0. The third kappa shape index (κ3) is 32.1. The molecule has 0 aromatic carbocycles. The molecule has 1 aliphatic carbocycles. The summed E-state index contributed by atoms with van der Waals surface area (Å²) in [5.74, 6) is -10.8. The molecule has 18 heteroatoms. The van der Waals surface area contributed by atoms with Gasteiger partial charge in [-0.1, -0.05) is 104 Å².